The van der Waals surface area contributed by atoms with Crippen molar-refractivity contribution in [1.82, 2.24) is 20.2 Å². The third-order valence-electron chi connectivity index (χ3n) is 3.91. The van der Waals surface area contributed by atoms with Crippen molar-refractivity contribution in [2.24, 2.45) is 0 Å². The summed E-state index contributed by atoms with van der Waals surface area (Å²) in [6.45, 7) is 4.41. The number of benzene rings is 1. The summed E-state index contributed by atoms with van der Waals surface area (Å²) in [4.78, 5) is 22.3. The van der Waals surface area contributed by atoms with E-state index < -0.39 is 11.6 Å². The van der Waals surface area contributed by atoms with Crippen LogP contribution in [0.25, 0.3) is 0 Å². The number of ether oxygens (including phenoxy) is 1. The third-order valence-corrected chi connectivity index (χ3v) is 3.91. The fraction of sp³-hybridized carbons (Fsp3) is 0.353. The standard InChI is InChI=1S/C17H19F2N5O2/c18-13-1-2-15(14(19)9-13)23-17-21-10-12(11-22-17)16(25)20-3-4-24-5-7-26-8-6-24/h1-2,9-11H,3-8H2,(H,20,25)(H,21,22,23). The molecular formula is C17H19F2N5O2. The number of aromatic nitrogens is 2. The second kappa shape index (κ2) is 8.63. The molecule has 2 N–H and O–H groups in total. The van der Waals surface area contributed by atoms with Crippen molar-refractivity contribution in [2.75, 3.05) is 44.7 Å². The van der Waals surface area contributed by atoms with Crippen LogP contribution < -0.4 is 10.6 Å². The molecule has 1 aliphatic rings. The average molecular weight is 363 g/mol. The van der Waals surface area contributed by atoms with E-state index >= 15 is 0 Å². The molecule has 138 valence electrons. The number of hydrogen-bond acceptors (Lipinski definition) is 6. The van der Waals surface area contributed by atoms with Crippen molar-refractivity contribution in [1.29, 1.82) is 0 Å². The minimum absolute atomic E-state index is 0.0501. The molecule has 1 saturated heterocycles. The molecule has 0 unspecified atom stereocenters. The molecule has 9 heteroatoms. The van der Waals surface area contributed by atoms with E-state index in [9.17, 15) is 13.6 Å². The highest BCUT2D eigenvalue weighted by molar-refractivity contribution is 5.93. The van der Waals surface area contributed by atoms with Crippen molar-refractivity contribution in [2.45, 2.75) is 0 Å². The van der Waals surface area contributed by atoms with Crippen LogP contribution in [-0.2, 0) is 4.74 Å². The van der Waals surface area contributed by atoms with Crippen LogP contribution in [0.3, 0.4) is 0 Å². The first-order valence-corrected chi connectivity index (χ1v) is 8.24. The highest BCUT2D eigenvalue weighted by Gasteiger charge is 2.12. The molecule has 3 rings (SSSR count). The van der Waals surface area contributed by atoms with Gasteiger partial charge in [-0.25, -0.2) is 18.7 Å². The Balaban J connectivity index is 1.50. The molecule has 0 atom stereocenters. The van der Waals surface area contributed by atoms with Gasteiger partial charge in [-0.3, -0.25) is 9.69 Å². The van der Waals surface area contributed by atoms with E-state index in [0.29, 0.717) is 25.3 Å². The normalized spacial score (nSPS) is 14.8. The van der Waals surface area contributed by atoms with E-state index in [4.69, 9.17) is 4.74 Å². The SMILES string of the molecule is O=C(NCCN1CCOCC1)c1cnc(Nc2ccc(F)cc2F)nc1. The molecule has 0 radical (unpaired) electrons. The zero-order valence-electron chi connectivity index (χ0n) is 14.0. The van der Waals surface area contributed by atoms with Crippen LogP contribution in [0.15, 0.2) is 30.6 Å². The van der Waals surface area contributed by atoms with Crippen LogP contribution in [0.5, 0.6) is 0 Å². The summed E-state index contributed by atoms with van der Waals surface area (Å²) in [5.74, 6) is -1.59. The van der Waals surface area contributed by atoms with E-state index in [0.717, 1.165) is 31.8 Å². The Kier molecular flexibility index (Phi) is 6.03. The lowest BCUT2D eigenvalue weighted by atomic mass is 10.3. The molecule has 1 fully saturated rings. The highest BCUT2D eigenvalue weighted by atomic mass is 19.1. The van der Waals surface area contributed by atoms with Gasteiger partial charge in [-0.15, -0.1) is 0 Å². The number of rotatable bonds is 6. The fourth-order valence-electron chi connectivity index (χ4n) is 2.48. The van der Waals surface area contributed by atoms with Crippen molar-refractivity contribution < 1.29 is 18.3 Å². The number of nitrogens with zero attached hydrogens (tertiary/aromatic N) is 3. The topological polar surface area (TPSA) is 79.4 Å². The van der Waals surface area contributed by atoms with Crippen LogP contribution >= 0.6 is 0 Å². The largest absolute Gasteiger partial charge is 0.379 e. The van der Waals surface area contributed by atoms with Crippen LogP contribution in [0.4, 0.5) is 20.4 Å². The summed E-state index contributed by atoms with van der Waals surface area (Å²) in [5, 5.41) is 5.44. The van der Waals surface area contributed by atoms with Gasteiger partial charge in [-0.05, 0) is 12.1 Å². The molecule has 26 heavy (non-hydrogen) atoms. The Morgan fingerprint density at radius 1 is 1.19 bits per heavy atom. The smallest absolute Gasteiger partial charge is 0.254 e. The molecule has 0 aliphatic carbocycles. The van der Waals surface area contributed by atoms with Crippen molar-refractivity contribution in [3.8, 4) is 0 Å². The van der Waals surface area contributed by atoms with Crippen molar-refractivity contribution in [3.05, 3.63) is 47.8 Å². The second-order valence-corrected chi connectivity index (χ2v) is 5.75. The Hall–Kier alpha value is -2.65. The lowest BCUT2D eigenvalue weighted by Crippen LogP contribution is -2.41. The Bertz CT molecular complexity index is 751. The molecule has 1 amide bonds. The molecule has 1 aromatic carbocycles. The van der Waals surface area contributed by atoms with Crippen LogP contribution in [-0.4, -0.2) is 60.2 Å². The molecule has 2 heterocycles. The van der Waals surface area contributed by atoms with E-state index in [1.165, 1.54) is 18.5 Å². The maximum absolute atomic E-state index is 13.6. The van der Waals surface area contributed by atoms with Gasteiger partial charge in [-0.2, -0.15) is 0 Å². The molecular weight excluding hydrogens is 344 g/mol. The zero-order valence-corrected chi connectivity index (χ0v) is 14.0. The van der Waals surface area contributed by atoms with E-state index in [-0.39, 0.29) is 17.5 Å². The van der Waals surface area contributed by atoms with Gasteiger partial charge in [0.15, 0.2) is 0 Å². The first kappa shape index (κ1) is 18.2. The zero-order chi connectivity index (χ0) is 18.4. The van der Waals surface area contributed by atoms with Gasteiger partial charge in [0.25, 0.3) is 5.91 Å². The van der Waals surface area contributed by atoms with Gasteiger partial charge in [0.05, 0.1) is 24.5 Å². The third kappa shape index (κ3) is 4.93. The summed E-state index contributed by atoms with van der Waals surface area (Å²) < 4.78 is 31.8. The Morgan fingerprint density at radius 3 is 2.62 bits per heavy atom. The van der Waals surface area contributed by atoms with Crippen LogP contribution in [0, 0.1) is 11.6 Å². The molecule has 1 aliphatic heterocycles. The van der Waals surface area contributed by atoms with Crippen molar-refractivity contribution >= 4 is 17.5 Å². The van der Waals surface area contributed by atoms with Gasteiger partial charge in [0.2, 0.25) is 5.95 Å². The summed E-state index contributed by atoms with van der Waals surface area (Å²) >= 11 is 0. The lowest BCUT2D eigenvalue weighted by molar-refractivity contribution is 0.0383. The number of amides is 1. The van der Waals surface area contributed by atoms with E-state index in [1.807, 2.05) is 0 Å². The monoisotopic (exact) mass is 363 g/mol. The first-order chi connectivity index (χ1) is 12.6. The number of nitrogens with one attached hydrogen (secondary N) is 2. The summed E-state index contributed by atoms with van der Waals surface area (Å²) in [7, 11) is 0. The molecule has 0 spiro atoms. The minimum Gasteiger partial charge on any atom is -0.379 e. The number of carbonyl (C=O) groups is 1. The predicted octanol–water partition coefficient (Wildman–Crippen LogP) is 1.56. The van der Waals surface area contributed by atoms with Gasteiger partial charge in [0.1, 0.15) is 11.6 Å². The van der Waals surface area contributed by atoms with E-state index in [2.05, 4.69) is 25.5 Å². The molecule has 7 nitrogen and oxygen atoms in total. The maximum Gasteiger partial charge on any atom is 0.254 e. The first-order valence-electron chi connectivity index (χ1n) is 8.24. The number of halogens is 2. The van der Waals surface area contributed by atoms with Gasteiger partial charge < -0.3 is 15.4 Å². The number of anilines is 2. The summed E-state index contributed by atoms with van der Waals surface area (Å²) in [6.07, 6.45) is 2.70. The lowest BCUT2D eigenvalue weighted by Gasteiger charge is -2.26. The van der Waals surface area contributed by atoms with Crippen LogP contribution in [0.1, 0.15) is 10.4 Å². The fourth-order valence-corrected chi connectivity index (χ4v) is 2.48. The second-order valence-electron chi connectivity index (χ2n) is 5.75. The number of morpholine rings is 1. The predicted molar refractivity (Wildman–Crippen MR) is 91.3 cm³/mol. The van der Waals surface area contributed by atoms with Crippen molar-refractivity contribution in [3.63, 3.8) is 0 Å². The molecule has 0 saturated carbocycles. The van der Waals surface area contributed by atoms with Gasteiger partial charge in [-0.1, -0.05) is 0 Å². The minimum atomic E-state index is -0.751. The summed E-state index contributed by atoms with van der Waals surface area (Å²) in [6, 6.07) is 3.14. The van der Waals surface area contributed by atoms with E-state index in [1.54, 1.807) is 0 Å². The quantitative estimate of drug-likeness (QED) is 0.811. The Morgan fingerprint density at radius 2 is 1.92 bits per heavy atom. The maximum atomic E-state index is 13.6. The number of carbonyl (C=O) groups excluding carboxylic acids is 1. The summed E-state index contributed by atoms with van der Waals surface area (Å²) in [5.41, 5.74) is 0.353. The molecule has 0 bridgehead atoms. The molecule has 2 aromatic rings. The molecule has 1 aromatic heterocycles. The Labute approximate surface area is 149 Å². The van der Waals surface area contributed by atoms with Crippen LogP contribution in [0.2, 0.25) is 0 Å². The highest BCUT2D eigenvalue weighted by Crippen LogP contribution is 2.18. The van der Waals surface area contributed by atoms with Gasteiger partial charge in [0, 0.05) is 44.6 Å². The average Bonchev–Trinajstić information content (AvgIpc) is 2.65. The number of hydrogen-bond donors (Lipinski definition) is 2. The van der Waals surface area contributed by atoms with Gasteiger partial charge >= 0.3 is 0 Å².